The molecule has 0 unspecified atom stereocenters. The Hall–Kier alpha value is -1.29. The lowest BCUT2D eigenvalue weighted by Crippen LogP contribution is -2.09. The molecule has 96 valence electrons. The number of nitrogens with two attached hydrogens (primary N) is 1. The maximum Gasteiger partial charge on any atom is 0.148 e. The summed E-state index contributed by atoms with van der Waals surface area (Å²) in [7, 11) is 0. The highest BCUT2D eigenvalue weighted by atomic mass is 19.1. The predicted octanol–water partition coefficient (Wildman–Crippen LogP) is 2.88. The van der Waals surface area contributed by atoms with Crippen LogP contribution in [-0.4, -0.2) is 19.8 Å². The lowest BCUT2D eigenvalue weighted by molar-refractivity contribution is 0.110. The van der Waals surface area contributed by atoms with Crippen LogP contribution in [0.4, 0.5) is 15.8 Å². The quantitative estimate of drug-likeness (QED) is 0.569. The van der Waals surface area contributed by atoms with Crippen molar-refractivity contribution in [2.45, 2.75) is 20.3 Å². The van der Waals surface area contributed by atoms with E-state index < -0.39 is 0 Å². The predicted molar refractivity (Wildman–Crippen MR) is 69.6 cm³/mol. The summed E-state index contributed by atoms with van der Waals surface area (Å²) in [5.41, 5.74) is 6.39. The van der Waals surface area contributed by atoms with E-state index in [2.05, 4.69) is 19.2 Å². The van der Waals surface area contributed by atoms with Crippen LogP contribution < -0.4 is 11.1 Å². The highest BCUT2D eigenvalue weighted by molar-refractivity contribution is 5.52. The van der Waals surface area contributed by atoms with E-state index in [-0.39, 0.29) is 5.82 Å². The topological polar surface area (TPSA) is 47.3 Å². The summed E-state index contributed by atoms with van der Waals surface area (Å²) in [6.45, 7) is 6.39. The minimum atomic E-state index is -0.312. The Balaban J connectivity index is 2.18. The molecule has 0 spiro atoms. The van der Waals surface area contributed by atoms with Gasteiger partial charge in [0.1, 0.15) is 5.82 Å². The molecule has 3 N–H and O–H groups in total. The molecular formula is C13H21FN2O. The molecule has 0 aliphatic heterocycles. The first kappa shape index (κ1) is 13.8. The molecule has 1 aromatic rings. The minimum absolute atomic E-state index is 0.312. The maximum absolute atomic E-state index is 13.4. The van der Waals surface area contributed by atoms with Crippen molar-refractivity contribution in [2.24, 2.45) is 5.92 Å². The van der Waals surface area contributed by atoms with Gasteiger partial charge in [-0.3, -0.25) is 0 Å². The highest BCUT2D eigenvalue weighted by Gasteiger charge is 2.01. The second-order valence-electron chi connectivity index (χ2n) is 4.49. The number of benzene rings is 1. The first-order valence-corrected chi connectivity index (χ1v) is 5.96. The average molecular weight is 240 g/mol. The summed E-state index contributed by atoms with van der Waals surface area (Å²) in [5.74, 6) is 0.241. The standard InChI is InChI=1S/C13H21FN2O/c1-10(2)9-17-7-3-6-16-13-5-4-11(15)8-12(13)14/h4-5,8,10,16H,3,6-7,9,15H2,1-2H3. The Kier molecular flexibility index (Phi) is 5.77. The van der Waals surface area contributed by atoms with Gasteiger partial charge < -0.3 is 15.8 Å². The number of anilines is 2. The first-order valence-electron chi connectivity index (χ1n) is 5.96. The molecule has 0 aliphatic rings. The van der Waals surface area contributed by atoms with E-state index in [1.165, 1.54) is 6.07 Å². The maximum atomic E-state index is 13.4. The zero-order valence-electron chi connectivity index (χ0n) is 10.5. The number of nitrogens with one attached hydrogen (secondary N) is 1. The van der Waals surface area contributed by atoms with Crippen LogP contribution in [0.25, 0.3) is 0 Å². The zero-order valence-corrected chi connectivity index (χ0v) is 10.5. The lowest BCUT2D eigenvalue weighted by atomic mass is 10.2. The van der Waals surface area contributed by atoms with E-state index in [4.69, 9.17) is 10.5 Å². The molecule has 1 aromatic carbocycles. The summed E-state index contributed by atoms with van der Waals surface area (Å²) in [4.78, 5) is 0. The van der Waals surface area contributed by atoms with Crippen molar-refractivity contribution >= 4 is 11.4 Å². The molecular weight excluding hydrogens is 219 g/mol. The molecule has 0 aromatic heterocycles. The van der Waals surface area contributed by atoms with Gasteiger partial charge in [-0.1, -0.05) is 13.8 Å². The van der Waals surface area contributed by atoms with Crippen LogP contribution >= 0.6 is 0 Å². The Morgan fingerprint density at radius 1 is 1.41 bits per heavy atom. The van der Waals surface area contributed by atoms with Crippen molar-refractivity contribution in [3.05, 3.63) is 24.0 Å². The highest BCUT2D eigenvalue weighted by Crippen LogP contribution is 2.16. The van der Waals surface area contributed by atoms with Gasteiger partial charge in [0.15, 0.2) is 0 Å². The summed E-state index contributed by atoms with van der Waals surface area (Å²) >= 11 is 0. The SMILES string of the molecule is CC(C)COCCCNc1ccc(N)cc1F. The summed E-state index contributed by atoms with van der Waals surface area (Å²) < 4.78 is 18.8. The second kappa shape index (κ2) is 7.12. The monoisotopic (exact) mass is 240 g/mol. The Labute approximate surface area is 102 Å². The average Bonchev–Trinajstić information content (AvgIpc) is 2.25. The minimum Gasteiger partial charge on any atom is -0.399 e. The van der Waals surface area contributed by atoms with E-state index in [9.17, 15) is 4.39 Å². The van der Waals surface area contributed by atoms with Gasteiger partial charge in [-0.2, -0.15) is 0 Å². The molecule has 0 bridgehead atoms. The van der Waals surface area contributed by atoms with Crippen LogP contribution in [0.1, 0.15) is 20.3 Å². The van der Waals surface area contributed by atoms with Crippen molar-refractivity contribution in [3.63, 3.8) is 0 Å². The lowest BCUT2D eigenvalue weighted by Gasteiger charge is -2.09. The molecule has 0 fully saturated rings. The molecule has 17 heavy (non-hydrogen) atoms. The van der Waals surface area contributed by atoms with Gasteiger partial charge in [0, 0.05) is 25.4 Å². The van der Waals surface area contributed by atoms with Crippen molar-refractivity contribution in [1.82, 2.24) is 0 Å². The number of ether oxygens (including phenoxy) is 1. The van der Waals surface area contributed by atoms with Crippen molar-refractivity contribution < 1.29 is 9.13 Å². The van der Waals surface area contributed by atoms with Gasteiger partial charge in [0.2, 0.25) is 0 Å². The van der Waals surface area contributed by atoms with Crippen molar-refractivity contribution in [3.8, 4) is 0 Å². The normalized spacial score (nSPS) is 10.8. The van der Waals surface area contributed by atoms with Crippen molar-refractivity contribution in [2.75, 3.05) is 30.8 Å². The molecule has 0 aliphatic carbocycles. The van der Waals surface area contributed by atoms with Crippen molar-refractivity contribution in [1.29, 1.82) is 0 Å². The largest absolute Gasteiger partial charge is 0.399 e. The molecule has 1 rings (SSSR count). The van der Waals surface area contributed by atoms with E-state index in [0.717, 1.165) is 13.0 Å². The molecule has 0 radical (unpaired) electrons. The summed E-state index contributed by atoms with van der Waals surface area (Å²) in [6.07, 6.45) is 0.858. The second-order valence-corrected chi connectivity index (χ2v) is 4.49. The third kappa shape index (κ3) is 5.54. The third-order valence-electron chi connectivity index (χ3n) is 2.23. The smallest absolute Gasteiger partial charge is 0.148 e. The van der Waals surface area contributed by atoms with Crippen LogP contribution in [0, 0.1) is 11.7 Å². The Morgan fingerprint density at radius 2 is 2.18 bits per heavy atom. The number of rotatable bonds is 7. The van der Waals surface area contributed by atoms with Gasteiger partial charge >= 0.3 is 0 Å². The van der Waals surface area contributed by atoms with Crippen LogP contribution in [0.5, 0.6) is 0 Å². The number of hydrogen-bond donors (Lipinski definition) is 2. The van der Waals surface area contributed by atoms with E-state index in [1.807, 2.05) is 0 Å². The van der Waals surface area contributed by atoms with E-state index in [1.54, 1.807) is 12.1 Å². The van der Waals surface area contributed by atoms with Gasteiger partial charge in [-0.15, -0.1) is 0 Å². The van der Waals surface area contributed by atoms with Gasteiger partial charge in [0.05, 0.1) is 5.69 Å². The van der Waals surface area contributed by atoms with Crippen LogP contribution in [0.2, 0.25) is 0 Å². The molecule has 0 amide bonds. The van der Waals surface area contributed by atoms with E-state index >= 15 is 0 Å². The fraction of sp³-hybridized carbons (Fsp3) is 0.538. The van der Waals surface area contributed by atoms with Gasteiger partial charge in [-0.05, 0) is 30.5 Å². The molecule has 0 saturated heterocycles. The molecule has 0 saturated carbocycles. The number of hydrogen-bond acceptors (Lipinski definition) is 3. The summed E-state index contributed by atoms with van der Waals surface area (Å²) in [6, 6.07) is 4.65. The Bertz CT molecular complexity index is 342. The van der Waals surface area contributed by atoms with Gasteiger partial charge in [-0.25, -0.2) is 4.39 Å². The molecule has 3 nitrogen and oxygen atoms in total. The third-order valence-corrected chi connectivity index (χ3v) is 2.23. The van der Waals surface area contributed by atoms with E-state index in [0.29, 0.717) is 30.4 Å². The molecule has 0 heterocycles. The summed E-state index contributed by atoms with van der Waals surface area (Å²) in [5, 5.41) is 3.02. The number of nitrogen functional groups attached to an aromatic ring is 1. The van der Waals surface area contributed by atoms with Crippen LogP contribution in [0.15, 0.2) is 18.2 Å². The zero-order chi connectivity index (χ0) is 12.7. The fourth-order valence-electron chi connectivity index (χ4n) is 1.39. The number of halogens is 1. The van der Waals surface area contributed by atoms with Crippen LogP contribution in [0.3, 0.4) is 0 Å². The first-order chi connectivity index (χ1) is 8.09. The molecule has 0 atom stereocenters. The van der Waals surface area contributed by atoms with Crippen LogP contribution in [-0.2, 0) is 4.74 Å². The van der Waals surface area contributed by atoms with Gasteiger partial charge in [0.25, 0.3) is 0 Å². The Morgan fingerprint density at radius 3 is 2.82 bits per heavy atom. The molecule has 4 heteroatoms. The fourth-order valence-corrected chi connectivity index (χ4v) is 1.39.